The smallest absolute Gasteiger partial charge is 0.397 e. The maximum atomic E-state index is 11.6. The second-order valence-electron chi connectivity index (χ2n) is 7.83. The van der Waals surface area contributed by atoms with Crippen LogP contribution in [0.1, 0.15) is 6.92 Å². The van der Waals surface area contributed by atoms with Crippen LogP contribution >= 0.6 is 0 Å². The molecule has 1 amide bonds. The van der Waals surface area contributed by atoms with Crippen molar-refractivity contribution in [2.45, 2.75) is 68.3 Å². The van der Waals surface area contributed by atoms with E-state index >= 15 is 0 Å². The molecule has 0 aromatic rings. The summed E-state index contributed by atoms with van der Waals surface area (Å²) in [6.45, 7) is -0.303. The van der Waals surface area contributed by atoms with E-state index in [9.17, 15) is 55.3 Å². The number of ether oxygens (including phenoxy) is 3. The van der Waals surface area contributed by atoms with Gasteiger partial charge in [0, 0.05) is 6.92 Å². The molecule has 10 atom stereocenters. The van der Waals surface area contributed by atoms with Gasteiger partial charge in [-0.3, -0.25) is 18.5 Å². The Bertz CT molecular complexity index is 1220. The molecule has 25 heteroatoms. The highest BCUT2D eigenvalue weighted by molar-refractivity contribution is 7.81. The summed E-state index contributed by atoms with van der Waals surface area (Å²) >= 11 is 0. The molecule has 0 aliphatic carbocycles. The molecule has 2 aliphatic rings. The summed E-state index contributed by atoms with van der Waals surface area (Å²) in [7, 11) is -16.4. The highest BCUT2D eigenvalue weighted by Gasteiger charge is 2.56. The Balaban J connectivity index is 2.56. The predicted octanol–water partition coefficient (Wildman–Crippen LogP) is -5.68. The lowest BCUT2D eigenvalue weighted by Crippen LogP contribution is -2.68. The fourth-order valence-electron chi connectivity index (χ4n) is 3.56. The third-order valence-corrected chi connectivity index (χ3v) is 6.33. The van der Waals surface area contributed by atoms with Gasteiger partial charge in [-0.25, -0.2) is 17.3 Å². The van der Waals surface area contributed by atoms with E-state index < -0.39 is 111 Å². The minimum atomic E-state index is -5.64. The first-order valence-corrected chi connectivity index (χ1v) is 14.1. The van der Waals surface area contributed by atoms with Crippen molar-refractivity contribution in [3.63, 3.8) is 0 Å². The average Bonchev–Trinajstić information content (AvgIpc) is 2.73. The van der Waals surface area contributed by atoms with E-state index in [2.05, 4.69) is 12.5 Å². The molecule has 39 heavy (non-hydrogen) atoms. The molecule has 0 aromatic heterocycles. The van der Waals surface area contributed by atoms with E-state index in [1.165, 1.54) is 0 Å². The van der Waals surface area contributed by atoms with Crippen LogP contribution in [0.25, 0.3) is 0 Å². The molecule has 2 heterocycles. The van der Waals surface area contributed by atoms with Crippen LogP contribution in [-0.2, 0) is 67.5 Å². The van der Waals surface area contributed by atoms with Gasteiger partial charge in [0.25, 0.3) is 0 Å². The molecule has 2 aliphatic heterocycles. The number of nitrogens with one attached hydrogen (secondary N) is 1. The second-order valence-corrected chi connectivity index (χ2v) is 11.0. The highest BCUT2D eigenvalue weighted by Crippen LogP contribution is 2.32. The van der Waals surface area contributed by atoms with Crippen molar-refractivity contribution in [2.24, 2.45) is 0 Å². The maximum Gasteiger partial charge on any atom is 0.397 e. The van der Waals surface area contributed by atoms with E-state index in [-0.39, 0.29) is 0 Å². The minimum absolute atomic E-state index is 0.901. The molecular formula is C14H23NO21S3. The second kappa shape index (κ2) is 12.4. The number of aliphatic carboxylic acids is 1. The van der Waals surface area contributed by atoms with E-state index in [1.54, 1.807) is 0 Å². The zero-order valence-corrected chi connectivity index (χ0v) is 21.5. The Hall–Kier alpha value is -1.69. The SMILES string of the molecule is CC(=O)N[C@@H]1[C@@H](O[C@@H]2O[C@H](C(=O)O)[C@@H](O)[C@H](OS(=O)(=O)O)[C@H]2OS(=O)(=O)O)[C@@H](O)[C@@H](COS(=O)(=O)O)O[C@H]1O. The Morgan fingerprint density at radius 1 is 0.821 bits per heavy atom. The van der Waals surface area contributed by atoms with Crippen molar-refractivity contribution in [1.82, 2.24) is 5.32 Å². The van der Waals surface area contributed by atoms with Gasteiger partial charge < -0.3 is 40.0 Å². The zero-order valence-electron chi connectivity index (χ0n) is 19.1. The summed E-state index contributed by atoms with van der Waals surface area (Å²) in [5, 5.41) is 42.6. The number of aliphatic hydroxyl groups excluding tert-OH is 3. The third-order valence-electron chi connectivity index (χ3n) is 4.96. The third kappa shape index (κ3) is 9.72. The monoisotopic (exact) mass is 637 g/mol. The van der Waals surface area contributed by atoms with Gasteiger partial charge in [0.1, 0.15) is 36.6 Å². The topological polar surface area (TPSA) is 346 Å². The number of amides is 1. The molecule has 228 valence electrons. The summed E-state index contributed by atoms with van der Waals surface area (Å²) in [5.74, 6) is -2.96. The van der Waals surface area contributed by atoms with Gasteiger partial charge in [0.15, 0.2) is 24.8 Å². The Morgan fingerprint density at radius 2 is 1.36 bits per heavy atom. The van der Waals surface area contributed by atoms with Crippen molar-refractivity contribution in [3.05, 3.63) is 0 Å². The van der Waals surface area contributed by atoms with Crippen LogP contribution in [0.2, 0.25) is 0 Å². The molecule has 0 spiro atoms. The summed E-state index contributed by atoms with van der Waals surface area (Å²) < 4.78 is 122. The first kappa shape index (κ1) is 33.5. The van der Waals surface area contributed by atoms with Crippen LogP contribution in [0.4, 0.5) is 0 Å². The average molecular weight is 638 g/mol. The molecule has 0 saturated carbocycles. The van der Waals surface area contributed by atoms with Gasteiger partial charge in [0.05, 0.1) is 6.61 Å². The van der Waals surface area contributed by atoms with Gasteiger partial charge in [-0.1, -0.05) is 0 Å². The molecule has 2 rings (SSSR count). The molecule has 0 unspecified atom stereocenters. The molecule has 2 saturated heterocycles. The van der Waals surface area contributed by atoms with Gasteiger partial charge in [-0.15, -0.1) is 0 Å². The number of carbonyl (C=O) groups excluding carboxylic acids is 1. The Morgan fingerprint density at radius 3 is 1.82 bits per heavy atom. The van der Waals surface area contributed by atoms with Gasteiger partial charge >= 0.3 is 37.2 Å². The van der Waals surface area contributed by atoms with E-state index in [0.29, 0.717) is 0 Å². The van der Waals surface area contributed by atoms with Crippen molar-refractivity contribution in [2.75, 3.05) is 6.61 Å². The van der Waals surface area contributed by atoms with Crippen molar-refractivity contribution >= 4 is 43.1 Å². The fraction of sp³-hybridized carbons (Fsp3) is 0.857. The molecule has 8 N–H and O–H groups in total. The number of rotatable bonds is 11. The van der Waals surface area contributed by atoms with E-state index in [4.69, 9.17) is 27.9 Å². The normalized spacial score (nSPS) is 36.3. The summed E-state index contributed by atoms with van der Waals surface area (Å²) in [6, 6.07) is -1.86. The fourth-order valence-corrected chi connectivity index (χ4v) is 4.85. The van der Waals surface area contributed by atoms with Gasteiger partial charge in [0.2, 0.25) is 5.91 Å². The van der Waals surface area contributed by atoms with Crippen LogP contribution in [0.15, 0.2) is 0 Å². The zero-order chi connectivity index (χ0) is 30.1. The molecule has 0 radical (unpaired) electrons. The van der Waals surface area contributed by atoms with Crippen LogP contribution in [-0.4, -0.2) is 139 Å². The maximum absolute atomic E-state index is 11.6. The highest BCUT2D eigenvalue weighted by atomic mass is 32.3. The Kier molecular flexibility index (Phi) is 10.7. The minimum Gasteiger partial charge on any atom is -0.479 e. The van der Waals surface area contributed by atoms with Crippen LogP contribution in [0.3, 0.4) is 0 Å². The Labute approximate surface area is 219 Å². The number of hydrogen-bond acceptors (Lipinski definition) is 17. The number of carboxylic acids is 1. The quantitative estimate of drug-likeness (QED) is 0.0978. The van der Waals surface area contributed by atoms with Crippen molar-refractivity contribution in [1.29, 1.82) is 0 Å². The summed E-state index contributed by atoms with van der Waals surface area (Å²) in [5.41, 5.74) is 0. The lowest BCUT2D eigenvalue weighted by atomic mass is 9.95. The number of carbonyl (C=O) groups is 2. The number of hydrogen-bond donors (Lipinski definition) is 8. The van der Waals surface area contributed by atoms with Gasteiger partial charge in [-0.2, -0.15) is 25.3 Å². The molecule has 2 fully saturated rings. The first-order chi connectivity index (χ1) is 17.6. The van der Waals surface area contributed by atoms with E-state index in [1.807, 2.05) is 5.32 Å². The van der Waals surface area contributed by atoms with Crippen molar-refractivity contribution in [3.8, 4) is 0 Å². The molecular weight excluding hydrogens is 614 g/mol. The summed E-state index contributed by atoms with van der Waals surface area (Å²) in [4.78, 5) is 23.2. The molecule has 22 nitrogen and oxygen atoms in total. The van der Waals surface area contributed by atoms with E-state index in [0.717, 1.165) is 6.92 Å². The van der Waals surface area contributed by atoms with Crippen LogP contribution in [0.5, 0.6) is 0 Å². The predicted molar refractivity (Wildman–Crippen MR) is 112 cm³/mol. The lowest BCUT2D eigenvalue weighted by Gasteiger charge is -2.46. The number of aliphatic hydroxyl groups is 3. The molecule has 0 bridgehead atoms. The number of carboxylic acid groups (broad SMARTS) is 1. The summed E-state index contributed by atoms with van der Waals surface area (Å²) in [6.07, 6.45) is -21.6. The standard InChI is InChI=1S/C14H23NO21S3/c1-3(16)15-5-8(6(17)4(32-13(5)21)2-31-37(22,23)24)33-14-11(36-39(28,29)30)9(35-38(25,26)27)7(18)10(34-14)12(19)20/h4-11,13-14,17-18,21H,2H2,1H3,(H,15,16)(H,19,20)(H,22,23,24)(H,25,26,27)(H,28,29,30)/t4-,5-,6+,7+,8-,9+,10+,11-,13-,14-/m1/s1. The van der Waals surface area contributed by atoms with Crippen molar-refractivity contribution < 1.29 is 95.7 Å². The van der Waals surface area contributed by atoms with Crippen LogP contribution in [0, 0.1) is 0 Å². The first-order valence-electron chi connectivity index (χ1n) is 10.0. The lowest BCUT2D eigenvalue weighted by molar-refractivity contribution is -0.331. The van der Waals surface area contributed by atoms with Crippen LogP contribution < -0.4 is 5.32 Å². The molecule has 0 aromatic carbocycles. The largest absolute Gasteiger partial charge is 0.479 e. The van der Waals surface area contributed by atoms with Gasteiger partial charge in [-0.05, 0) is 0 Å².